The van der Waals surface area contributed by atoms with Gasteiger partial charge in [-0.3, -0.25) is 4.79 Å². The first-order valence-corrected chi connectivity index (χ1v) is 10.5. The van der Waals surface area contributed by atoms with Crippen molar-refractivity contribution >= 4 is 5.91 Å². The molecule has 4 rings (SSSR count). The van der Waals surface area contributed by atoms with Crippen molar-refractivity contribution in [2.75, 3.05) is 7.11 Å². The van der Waals surface area contributed by atoms with Gasteiger partial charge in [-0.25, -0.2) is 13.5 Å². The van der Waals surface area contributed by atoms with Gasteiger partial charge >= 0.3 is 0 Å². The standard InChI is InChI=1S/C26H23F2N3O2/c1-33-23-12-10-22(11-13-23)31-25(18-6-4-7-20(27)15-18)16-21(30-31)9-14-26(32)29-17-19-5-2-3-8-24(19)28/h2-8,10-13,15-16H,9,14,17H2,1H3,(H,29,32). The summed E-state index contributed by atoms with van der Waals surface area (Å²) in [7, 11) is 1.59. The summed E-state index contributed by atoms with van der Waals surface area (Å²) in [5.74, 6) is -0.186. The van der Waals surface area contributed by atoms with Crippen molar-refractivity contribution in [1.29, 1.82) is 0 Å². The van der Waals surface area contributed by atoms with Crippen LogP contribution in [-0.2, 0) is 17.8 Å². The summed E-state index contributed by atoms with van der Waals surface area (Å²) in [4.78, 5) is 12.3. The molecule has 0 spiro atoms. The van der Waals surface area contributed by atoms with Gasteiger partial charge in [0, 0.05) is 30.5 Å². The Hall–Kier alpha value is -4.00. The number of carbonyl (C=O) groups is 1. The Bertz CT molecular complexity index is 1250. The van der Waals surface area contributed by atoms with E-state index in [0.29, 0.717) is 34.7 Å². The van der Waals surface area contributed by atoms with E-state index in [2.05, 4.69) is 10.4 Å². The van der Waals surface area contributed by atoms with Gasteiger partial charge in [-0.1, -0.05) is 30.3 Å². The Labute approximate surface area is 190 Å². The highest BCUT2D eigenvalue weighted by Crippen LogP contribution is 2.26. The predicted octanol–water partition coefficient (Wildman–Crippen LogP) is 5.08. The lowest BCUT2D eigenvalue weighted by atomic mass is 10.1. The average Bonchev–Trinajstić information content (AvgIpc) is 3.27. The number of methoxy groups -OCH3 is 1. The lowest BCUT2D eigenvalue weighted by Gasteiger charge is -2.08. The number of carbonyl (C=O) groups excluding carboxylic acids is 1. The zero-order chi connectivity index (χ0) is 23.2. The largest absolute Gasteiger partial charge is 0.497 e. The molecule has 1 N–H and O–H groups in total. The highest BCUT2D eigenvalue weighted by Gasteiger charge is 2.14. The summed E-state index contributed by atoms with van der Waals surface area (Å²) in [6.07, 6.45) is 0.575. The summed E-state index contributed by atoms with van der Waals surface area (Å²) in [5, 5.41) is 7.40. The second-order valence-corrected chi connectivity index (χ2v) is 7.51. The van der Waals surface area contributed by atoms with Crippen molar-refractivity contribution in [3.8, 4) is 22.7 Å². The number of halogens is 2. The van der Waals surface area contributed by atoms with Gasteiger partial charge in [0.05, 0.1) is 24.2 Å². The molecule has 0 fully saturated rings. The molecule has 1 heterocycles. The number of rotatable bonds is 8. The molecule has 5 nitrogen and oxygen atoms in total. The maximum absolute atomic E-state index is 13.9. The van der Waals surface area contributed by atoms with E-state index in [-0.39, 0.29) is 30.5 Å². The van der Waals surface area contributed by atoms with E-state index in [4.69, 9.17) is 4.74 Å². The minimum absolute atomic E-state index is 0.125. The van der Waals surface area contributed by atoms with Gasteiger partial charge in [0.25, 0.3) is 0 Å². The van der Waals surface area contributed by atoms with Crippen LogP contribution < -0.4 is 10.1 Å². The molecule has 0 radical (unpaired) electrons. The second-order valence-electron chi connectivity index (χ2n) is 7.51. The maximum Gasteiger partial charge on any atom is 0.220 e. The fourth-order valence-electron chi connectivity index (χ4n) is 3.49. The van der Waals surface area contributed by atoms with Crippen molar-refractivity contribution in [2.45, 2.75) is 19.4 Å². The van der Waals surface area contributed by atoms with Crippen LogP contribution in [-0.4, -0.2) is 22.8 Å². The van der Waals surface area contributed by atoms with Crippen LogP contribution >= 0.6 is 0 Å². The SMILES string of the molecule is COc1ccc(-n2nc(CCC(=O)NCc3ccccc3F)cc2-c2cccc(F)c2)cc1. The zero-order valence-corrected chi connectivity index (χ0v) is 18.1. The molecule has 0 aliphatic carbocycles. The van der Waals surface area contributed by atoms with E-state index >= 15 is 0 Å². The van der Waals surface area contributed by atoms with E-state index < -0.39 is 0 Å². The Kier molecular flexibility index (Phi) is 6.78. The Morgan fingerprint density at radius 1 is 1.00 bits per heavy atom. The van der Waals surface area contributed by atoms with Gasteiger partial charge in [-0.05, 0) is 48.5 Å². The topological polar surface area (TPSA) is 56.2 Å². The third kappa shape index (κ3) is 5.44. The quantitative estimate of drug-likeness (QED) is 0.410. The van der Waals surface area contributed by atoms with Gasteiger partial charge in [0.2, 0.25) is 5.91 Å². The minimum atomic E-state index is -0.351. The van der Waals surface area contributed by atoms with Gasteiger partial charge in [0.1, 0.15) is 17.4 Å². The molecule has 0 bridgehead atoms. The van der Waals surface area contributed by atoms with Crippen LogP contribution in [0.5, 0.6) is 5.75 Å². The van der Waals surface area contributed by atoms with Crippen molar-refractivity contribution in [1.82, 2.24) is 15.1 Å². The Morgan fingerprint density at radius 3 is 2.52 bits per heavy atom. The lowest BCUT2D eigenvalue weighted by molar-refractivity contribution is -0.121. The molecule has 0 unspecified atom stereocenters. The highest BCUT2D eigenvalue weighted by atomic mass is 19.1. The van der Waals surface area contributed by atoms with E-state index in [0.717, 1.165) is 5.69 Å². The van der Waals surface area contributed by atoms with Crippen LogP contribution in [0.3, 0.4) is 0 Å². The first-order chi connectivity index (χ1) is 16.0. The number of nitrogens with one attached hydrogen (secondary N) is 1. The van der Waals surface area contributed by atoms with Crippen LogP contribution in [0.15, 0.2) is 78.9 Å². The number of nitrogens with zero attached hydrogens (tertiary/aromatic N) is 2. The molecule has 4 aromatic rings. The third-order valence-electron chi connectivity index (χ3n) is 5.24. The molecule has 1 aromatic heterocycles. The molecule has 0 saturated carbocycles. The van der Waals surface area contributed by atoms with Crippen molar-refractivity contribution in [3.63, 3.8) is 0 Å². The van der Waals surface area contributed by atoms with E-state index in [1.807, 2.05) is 36.4 Å². The van der Waals surface area contributed by atoms with Crippen LogP contribution in [0.4, 0.5) is 8.78 Å². The third-order valence-corrected chi connectivity index (χ3v) is 5.24. The molecule has 168 valence electrons. The first-order valence-electron chi connectivity index (χ1n) is 10.5. The molecule has 33 heavy (non-hydrogen) atoms. The van der Waals surface area contributed by atoms with Gasteiger partial charge in [-0.15, -0.1) is 0 Å². The smallest absolute Gasteiger partial charge is 0.220 e. The molecule has 0 aliphatic rings. The fourth-order valence-corrected chi connectivity index (χ4v) is 3.49. The molecule has 7 heteroatoms. The number of ether oxygens (including phenoxy) is 1. The predicted molar refractivity (Wildman–Crippen MR) is 122 cm³/mol. The second kappa shape index (κ2) is 10.1. The van der Waals surface area contributed by atoms with Crippen LogP contribution in [0.1, 0.15) is 17.7 Å². The Morgan fingerprint density at radius 2 is 1.79 bits per heavy atom. The molecule has 0 atom stereocenters. The molecule has 0 aliphatic heterocycles. The number of hydrogen-bond acceptors (Lipinski definition) is 3. The lowest BCUT2D eigenvalue weighted by Crippen LogP contribution is -2.23. The summed E-state index contributed by atoms with van der Waals surface area (Å²) in [5.41, 5.74) is 3.29. The van der Waals surface area contributed by atoms with Gasteiger partial charge < -0.3 is 10.1 Å². The molecular weight excluding hydrogens is 424 g/mol. The monoisotopic (exact) mass is 447 g/mol. The van der Waals surface area contributed by atoms with Crippen LogP contribution in [0, 0.1) is 11.6 Å². The Balaban J connectivity index is 1.52. The van der Waals surface area contributed by atoms with Gasteiger partial charge in [-0.2, -0.15) is 5.10 Å². The molecular formula is C26H23F2N3O2. The average molecular weight is 447 g/mol. The number of aryl methyl sites for hydroxylation is 1. The number of benzene rings is 3. The van der Waals surface area contributed by atoms with E-state index in [9.17, 15) is 13.6 Å². The van der Waals surface area contributed by atoms with Gasteiger partial charge in [0.15, 0.2) is 0 Å². The van der Waals surface area contributed by atoms with E-state index in [1.165, 1.54) is 18.2 Å². The fraction of sp³-hybridized carbons (Fsp3) is 0.154. The number of amides is 1. The minimum Gasteiger partial charge on any atom is -0.497 e. The number of hydrogen-bond donors (Lipinski definition) is 1. The molecule has 3 aromatic carbocycles. The molecule has 1 amide bonds. The zero-order valence-electron chi connectivity index (χ0n) is 18.1. The summed E-state index contributed by atoms with van der Waals surface area (Å²) in [6.45, 7) is 0.125. The normalized spacial score (nSPS) is 10.8. The number of aromatic nitrogens is 2. The summed E-state index contributed by atoms with van der Waals surface area (Å²) >= 11 is 0. The van der Waals surface area contributed by atoms with Crippen molar-refractivity contribution < 1.29 is 18.3 Å². The van der Waals surface area contributed by atoms with Crippen LogP contribution in [0.2, 0.25) is 0 Å². The highest BCUT2D eigenvalue weighted by molar-refractivity contribution is 5.76. The van der Waals surface area contributed by atoms with Crippen molar-refractivity contribution in [3.05, 3.63) is 102 Å². The van der Waals surface area contributed by atoms with Crippen LogP contribution in [0.25, 0.3) is 16.9 Å². The summed E-state index contributed by atoms with van der Waals surface area (Å²) in [6, 6.07) is 21.8. The first kappa shape index (κ1) is 22.2. The van der Waals surface area contributed by atoms with Crippen molar-refractivity contribution in [2.24, 2.45) is 0 Å². The summed E-state index contributed by atoms with van der Waals surface area (Å²) < 4.78 is 34.6. The maximum atomic E-state index is 13.9. The molecule has 0 saturated heterocycles. The van der Waals surface area contributed by atoms with E-state index in [1.54, 1.807) is 36.1 Å².